The number of halogens is 2. The van der Waals surface area contributed by atoms with E-state index in [2.05, 4.69) is 69.4 Å². The molecular weight excluding hydrogens is 815 g/mol. The average molecular weight is 877 g/mol. The van der Waals surface area contributed by atoms with Gasteiger partial charge in [0, 0.05) is 24.0 Å². The zero-order valence-electron chi connectivity index (χ0n) is 38.6. The maximum Gasteiger partial charge on any atom is 0.410 e. The van der Waals surface area contributed by atoms with Crippen LogP contribution < -0.4 is 14.4 Å². The van der Waals surface area contributed by atoms with Crippen LogP contribution in [0, 0.1) is 23.1 Å². The fraction of sp³-hybridized carbons (Fsp3) is 0.560. The summed E-state index contributed by atoms with van der Waals surface area (Å²) in [6, 6.07) is 7.92. The number of rotatable bonds is 7. The monoisotopic (exact) mass is 876 g/mol. The second kappa shape index (κ2) is 15.7. The van der Waals surface area contributed by atoms with E-state index >= 15 is 8.78 Å². The van der Waals surface area contributed by atoms with E-state index in [4.69, 9.17) is 29.2 Å². The number of piperazine rings is 1. The van der Waals surface area contributed by atoms with Crippen molar-refractivity contribution in [1.29, 1.82) is 0 Å². The van der Waals surface area contributed by atoms with Crippen molar-refractivity contribution in [2.45, 2.75) is 153 Å². The molecule has 4 fully saturated rings. The summed E-state index contributed by atoms with van der Waals surface area (Å²) in [5, 5.41) is 1.54. The lowest BCUT2D eigenvalue weighted by Gasteiger charge is -2.48. The van der Waals surface area contributed by atoms with Crippen LogP contribution in [0.4, 0.5) is 19.4 Å². The van der Waals surface area contributed by atoms with E-state index < -0.39 is 31.4 Å². The summed E-state index contributed by atoms with van der Waals surface area (Å²) >= 11 is 0. The number of amides is 1. The van der Waals surface area contributed by atoms with Gasteiger partial charge in [-0.2, -0.15) is 9.97 Å². The van der Waals surface area contributed by atoms with E-state index in [0.717, 1.165) is 45.2 Å². The zero-order valence-corrected chi connectivity index (χ0v) is 39.6. The Labute approximate surface area is 371 Å². The second-order valence-electron chi connectivity index (χ2n) is 20.7. The van der Waals surface area contributed by atoms with E-state index in [1.54, 1.807) is 12.1 Å². The number of anilines is 1. The van der Waals surface area contributed by atoms with Crippen molar-refractivity contribution in [1.82, 2.24) is 24.8 Å². The molecule has 0 aliphatic carbocycles. The van der Waals surface area contributed by atoms with Gasteiger partial charge >= 0.3 is 12.1 Å². The lowest BCUT2D eigenvalue weighted by atomic mass is 9.94. The van der Waals surface area contributed by atoms with Crippen LogP contribution >= 0.6 is 0 Å². The van der Waals surface area contributed by atoms with Crippen LogP contribution in [-0.2, 0) is 4.74 Å². The number of nitrogens with zero attached hydrogens (tertiary/aromatic N) is 6. The molecule has 13 heteroatoms. The molecule has 0 spiro atoms. The van der Waals surface area contributed by atoms with Crippen LogP contribution in [0.1, 0.15) is 107 Å². The predicted molar refractivity (Wildman–Crippen MR) is 247 cm³/mol. The summed E-state index contributed by atoms with van der Waals surface area (Å²) in [5.74, 6) is 2.85. The molecule has 4 saturated heterocycles. The van der Waals surface area contributed by atoms with Crippen LogP contribution in [0.15, 0.2) is 42.5 Å². The Balaban J connectivity index is 1.23. The SMILES string of the molecule is C=C1CN2CCC[C@]2(COc2nc3c4c(nc(-c5cccc6ccc(F)c(C#C[Si](C(C)C)(C(C)C)C(C)C)c56)c(F)c4n2)O[C@@H](C)[C@@H]2[C@@H]4CC[C@H](CN32)N4C(=O)OC(C)(C)C)C1. The maximum atomic E-state index is 18.0. The Kier molecular flexibility index (Phi) is 10.8. The van der Waals surface area contributed by atoms with Crippen molar-refractivity contribution in [2.75, 3.05) is 31.1 Å². The highest BCUT2D eigenvalue weighted by molar-refractivity contribution is 6.90. The number of ether oxygens (including phenoxy) is 3. The summed E-state index contributed by atoms with van der Waals surface area (Å²) < 4.78 is 53.7. The molecular formula is C50H62F2N6O4Si. The molecule has 10 nitrogen and oxygen atoms in total. The summed E-state index contributed by atoms with van der Waals surface area (Å²) in [4.78, 5) is 35.3. The van der Waals surface area contributed by atoms with Crippen LogP contribution in [0.2, 0.25) is 16.6 Å². The molecule has 4 aromatic rings. The van der Waals surface area contributed by atoms with Crippen molar-refractivity contribution in [3.8, 4) is 34.6 Å². The third kappa shape index (κ3) is 7.14. The minimum atomic E-state index is -2.29. The number of benzene rings is 2. The molecule has 0 N–H and O–H groups in total. The van der Waals surface area contributed by atoms with Gasteiger partial charge in [-0.05, 0) is 94.4 Å². The van der Waals surface area contributed by atoms with E-state index in [9.17, 15) is 4.79 Å². The normalized spacial score (nSPS) is 24.5. The number of hydrogen-bond acceptors (Lipinski definition) is 9. The largest absolute Gasteiger partial charge is 0.472 e. The highest BCUT2D eigenvalue weighted by Crippen LogP contribution is 2.48. The Morgan fingerprint density at radius 3 is 2.49 bits per heavy atom. The van der Waals surface area contributed by atoms with Crippen LogP contribution in [-0.4, -0.2) is 101 Å². The number of carbonyl (C=O) groups is 1. The number of hydrogen-bond donors (Lipinski definition) is 0. The number of carbonyl (C=O) groups excluding carboxylic acids is 1. The van der Waals surface area contributed by atoms with E-state index in [-0.39, 0.29) is 58.4 Å². The molecule has 5 atom stereocenters. The van der Waals surface area contributed by atoms with Crippen molar-refractivity contribution in [3.63, 3.8) is 0 Å². The molecule has 1 amide bonds. The van der Waals surface area contributed by atoms with E-state index in [0.29, 0.717) is 57.3 Å². The summed E-state index contributed by atoms with van der Waals surface area (Å²) in [5.41, 5.74) is 5.58. The first-order chi connectivity index (χ1) is 29.8. The van der Waals surface area contributed by atoms with Gasteiger partial charge in [0.05, 0.1) is 29.2 Å². The predicted octanol–water partition coefficient (Wildman–Crippen LogP) is 10.6. The van der Waals surface area contributed by atoms with Gasteiger partial charge in [0.15, 0.2) is 5.82 Å². The number of pyridine rings is 1. The molecule has 2 bridgehead atoms. The van der Waals surface area contributed by atoms with Crippen molar-refractivity contribution in [3.05, 3.63) is 59.7 Å². The zero-order chi connectivity index (χ0) is 44.9. The minimum Gasteiger partial charge on any atom is -0.472 e. The topological polar surface area (TPSA) is 93.2 Å². The van der Waals surface area contributed by atoms with Gasteiger partial charge in [0.2, 0.25) is 5.88 Å². The molecule has 0 saturated carbocycles. The number of fused-ring (bicyclic) bond motifs is 7. The van der Waals surface area contributed by atoms with E-state index in [1.807, 2.05) is 44.7 Å². The lowest BCUT2D eigenvalue weighted by Crippen LogP contribution is -2.65. The third-order valence-electron chi connectivity index (χ3n) is 14.8. The van der Waals surface area contributed by atoms with Gasteiger partial charge in [-0.25, -0.2) is 18.6 Å². The molecule has 2 aromatic carbocycles. The quantitative estimate of drug-likeness (QED) is 0.102. The maximum absolute atomic E-state index is 18.0. The molecule has 63 heavy (non-hydrogen) atoms. The Morgan fingerprint density at radius 1 is 1.03 bits per heavy atom. The van der Waals surface area contributed by atoms with Crippen LogP contribution in [0.3, 0.4) is 0 Å². The van der Waals surface area contributed by atoms with Crippen LogP contribution in [0.25, 0.3) is 32.9 Å². The van der Waals surface area contributed by atoms with Crippen molar-refractivity contribution in [2.24, 2.45) is 0 Å². The van der Waals surface area contributed by atoms with Gasteiger partial charge < -0.3 is 19.1 Å². The summed E-state index contributed by atoms with van der Waals surface area (Å²) in [7, 11) is -2.29. The fourth-order valence-electron chi connectivity index (χ4n) is 12.2. The smallest absolute Gasteiger partial charge is 0.410 e. The van der Waals surface area contributed by atoms with Crippen molar-refractivity contribution < 1.29 is 27.8 Å². The fourth-order valence-corrected chi connectivity index (χ4v) is 17.4. The van der Waals surface area contributed by atoms with Gasteiger partial charge in [-0.1, -0.05) is 83.9 Å². The van der Waals surface area contributed by atoms with E-state index in [1.165, 1.54) is 11.6 Å². The Bertz CT molecular complexity index is 2560. The van der Waals surface area contributed by atoms with Gasteiger partial charge in [0.25, 0.3) is 0 Å². The van der Waals surface area contributed by atoms with Crippen LogP contribution in [0.5, 0.6) is 11.9 Å². The molecule has 0 unspecified atom stereocenters. The molecule has 7 heterocycles. The minimum absolute atomic E-state index is 0.00765. The standard InChI is InChI=1S/C50H62F2N6O4Si/c1-28(2)63(29(3)4,30(5)6)23-20-35-37(51)18-16-33-14-12-15-36(39(33)35)42-41(52)43-40-45(55-47(54-43)60-27-50-21-13-22-56(50)25-31(7)24-50)57-26-34-17-19-38(44(57)32(8)61-46(40)53-42)58(34)48(59)62-49(9,10)11/h12,14-16,18,28-30,32,34,38,44H,7,13,17,19,21-22,24-27H2,1-6,8-11H3/t32-,34+,38-,44+,50+/m0/s1. The van der Waals surface area contributed by atoms with Crippen molar-refractivity contribution >= 4 is 41.7 Å². The second-order valence-corrected chi connectivity index (χ2v) is 26.3. The summed E-state index contributed by atoms with van der Waals surface area (Å²) in [6.45, 7) is 27.8. The first kappa shape index (κ1) is 43.4. The molecule has 2 aromatic heterocycles. The van der Waals surface area contributed by atoms with Gasteiger partial charge in [0.1, 0.15) is 54.6 Å². The third-order valence-corrected chi connectivity index (χ3v) is 21.1. The first-order valence-electron chi connectivity index (χ1n) is 23.0. The molecule has 5 aliphatic heterocycles. The molecule has 0 radical (unpaired) electrons. The molecule has 5 aliphatic rings. The lowest BCUT2D eigenvalue weighted by molar-refractivity contribution is 0.000934. The number of aromatic nitrogens is 3. The average Bonchev–Trinajstić information content (AvgIpc) is 3.82. The summed E-state index contributed by atoms with van der Waals surface area (Å²) in [6.07, 6.45) is 3.48. The molecule has 9 rings (SSSR count). The van der Waals surface area contributed by atoms with Gasteiger partial charge in [-0.3, -0.25) is 9.80 Å². The highest BCUT2D eigenvalue weighted by atomic mass is 28.3. The van der Waals surface area contributed by atoms with Gasteiger partial charge in [-0.15, -0.1) is 5.54 Å². The first-order valence-corrected chi connectivity index (χ1v) is 25.2. The highest BCUT2D eigenvalue weighted by Gasteiger charge is 2.54. The Morgan fingerprint density at radius 2 is 1.78 bits per heavy atom. The Hall–Kier alpha value is -4.80. The molecule has 334 valence electrons.